The SMILES string of the molecule is O=C(CCNS(=O)(=O)c1cccc(Cl)c1)Nc1ccccc1OCC1CCCCO1. The van der Waals surface area contributed by atoms with Crippen molar-refractivity contribution >= 4 is 33.2 Å². The van der Waals surface area contributed by atoms with Crippen molar-refractivity contribution in [1.29, 1.82) is 0 Å². The number of halogens is 1. The van der Waals surface area contributed by atoms with Crippen molar-refractivity contribution in [1.82, 2.24) is 4.72 Å². The Bertz CT molecular complexity index is 961. The number of carbonyl (C=O) groups excluding carboxylic acids is 1. The van der Waals surface area contributed by atoms with Crippen LogP contribution in [0.15, 0.2) is 53.4 Å². The van der Waals surface area contributed by atoms with Gasteiger partial charge in [-0.05, 0) is 49.6 Å². The first kappa shape index (κ1) is 22.6. The Kier molecular flexibility index (Phi) is 8.09. The van der Waals surface area contributed by atoms with E-state index in [0.29, 0.717) is 23.1 Å². The molecule has 1 heterocycles. The third kappa shape index (κ3) is 6.70. The molecule has 1 unspecified atom stereocenters. The predicted molar refractivity (Wildman–Crippen MR) is 115 cm³/mol. The first-order valence-corrected chi connectivity index (χ1v) is 11.7. The highest BCUT2D eigenvalue weighted by atomic mass is 35.5. The van der Waals surface area contributed by atoms with Crippen molar-refractivity contribution in [2.24, 2.45) is 0 Å². The Morgan fingerprint density at radius 1 is 1.17 bits per heavy atom. The van der Waals surface area contributed by atoms with Gasteiger partial charge in [0.2, 0.25) is 15.9 Å². The standard InChI is InChI=1S/C21H25ClN2O5S/c22-16-6-5-8-18(14-16)30(26,27)23-12-11-21(25)24-19-9-1-2-10-20(19)29-15-17-7-3-4-13-28-17/h1-2,5-6,8-10,14,17,23H,3-4,7,11-13,15H2,(H,24,25). The van der Waals surface area contributed by atoms with E-state index in [1.54, 1.807) is 30.3 Å². The molecule has 0 aromatic heterocycles. The largest absolute Gasteiger partial charge is 0.489 e. The monoisotopic (exact) mass is 452 g/mol. The number of hydrogen-bond donors (Lipinski definition) is 2. The van der Waals surface area contributed by atoms with E-state index in [0.717, 1.165) is 25.9 Å². The summed E-state index contributed by atoms with van der Waals surface area (Å²) in [7, 11) is -3.73. The minimum Gasteiger partial charge on any atom is -0.489 e. The van der Waals surface area contributed by atoms with E-state index in [9.17, 15) is 13.2 Å². The summed E-state index contributed by atoms with van der Waals surface area (Å²) in [5.41, 5.74) is 0.538. The van der Waals surface area contributed by atoms with Gasteiger partial charge in [-0.3, -0.25) is 4.79 Å². The molecule has 2 N–H and O–H groups in total. The average molecular weight is 453 g/mol. The van der Waals surface area contributed by atoms with Crippen LogP contribution in [0.3, 0.4) is 0 Å². The van der Waals surface area contributed by atoms with Crippen LogP contribution in [0.5, 0.6) is 5.75 Å². The van der Waals surface area contributed by atoms with Gasteiger partial charge in [0.05, 0.1) is 16.7 Å². The lowest BCUT2D eigenvalue weighted by Crippen LogP contribution is -2.28. The topological polar surface area (TPSA) is 93.7 Å². The molecule has 0 saturated carbocycles. The Morgan fingerprint density at radius 2 is 2.00 bits per heavy atom. The van der Waals surface area contributed by atoms with E-state index in [1.165, 1.54) is 12.1 Å². The number of sulfonamides is 1. The third-order valence-electron chi connectivity index (χ3n) is 4.61. The first-order valence-electron chi connectivity index (χ1n) is 9.82. The molecule has 1 amide bonds. The number of ether oxygens (including phenoxy) is 2. The van der Waals surface area contributed by atoms with Gasteiger partial charge in [0.1, 0.15) is 12.4 Å². The fourth-order valence-corrected chi connectivity index (χ4v) is 4.38. The van der Waals surface area contributed by atoms with Gasteiger partial charge < -0.3 is 14.8 Å². The maximum Gasteiger partial charge on any atom is 0.240 e. The summed E-state index contributed by atoms with van der Waals surface area (Å²) >= 11 is 5.84. The summed E-state index contributed by atoms with van der Waals surface area (Å²) in [6.07, 6.45) is 3.19. The highest BCUT2D eigenvalue weighted by molar-refractivity contribution is 7.89. The fourth-order valence-electron chi connectivity index (χ4n) is 3.05. The van der Waals surface area contributed by atoms with Crippen LogP contribution in [0, 0.1) is 0 Å². The van der Waals surface area contributed by atoms with Crippen LogP contribution < -0.4 is 14.8 Å². The maximum absolute atomic E-state index is 12.3. The molecule has 30 heavy (non-hydrogen) atoms. The second-order valence-electron chi connectivity index (χ2n) is 6.95. The number of anilines is 1. The van der Waals surface area contributed by atoms with Crippen LogP contribution in [0.25, 0.3) is 0 Å². The van der Waals surface area contributed by atoms with Crippen molar-refractivity contribution in [2.75, 3.05) is 25.1 Å². The number of para-hydroxylation sites is 2. The normalized spacial score (nSPS) is 16.8. The predicted octanol–water partition coefficient (Wildman–Crippen LogP) is 3.60. The molecule has 1 atom stereocenters. The van der Waals surface area contributed by atoms with Gasteiger partial charge in [-0.15, -0.1) is 0 Å². The Hall–Kier alpha value is -2.13. The van der Waals surface area contributed by atoms with Crippen LogP contribution in [0.1, 0.15) is 25.7 Å². The lowest BCUT2D eigenvalue weighted by Gasteiger charge is -2.23. The van der Waals surface area contributed by atoms with Crippen molar-refractivity contribution in [3.05, 3.63) is 53.6 Å². The van der Waals surface area contributed by atoms with Gasteiger partial charge in [-0.1, -0.05) is 29.8 Å². The minimum absolute atomic E-state index is 0.0279. The number of nitrogens with one attached hydrogen (secondary N) is 2. The highest BCUT2D eigenvalue weighted by Crippen LogP contribution is 2.25. The molecule has 7 nitrogen and oxygen atoms in total. The maximum atomic E-state index is 12.3. The molecule has 1 aliphatic rings. The number of amides is 1. The van der Waals surface area contributed by atoms with Gasteiger partial charge in [0.15, 0.2) is 0 Å². The molecule has 1 saturated heterocycles. The van der Waals surface area contributed by atoms with Crippen LogP contribution in [0.2, 0.25) is 5.02 Å². The number of benzene rings is 2. The van der Waals surface area contributed by atoms with Gasteiger partial charge in [0, 0.05) is 24.6 Å². The molecule has 2 aromatic carbocycles. The molecule has 0 radical (unpaired) electrons. The van der Waals surface area contributed by atoms with Crippen LogP contribution in [0.4, 0.5) is 5.69 Å². The summed E-state index contributed by atoms with van der Waals surface area (Å²) in [5, 5.41) is 3.10. The lowest BCUT2D eigenvalue weighted by molar-refractivity contribution is -0.116. The summed E-state index contributed by atoms with van der Waals surface area (Å²) in [5.74, 6) is 0.230. The summed E-state index contributed by atoms with van der Waals surface area (Å²) < 4.78 is 38.5. The van der Waals surface area contributed by atoms with E-state index in [2.05, 4.69) is 10.0 Å². The molecular weight excluding hydrogens is 428 g/mol. The van der Waals surface area contributed by atoms with Crippen molar-refractivity contribution in [3.63, 3.8) is 0 Å². The second kappa shape index (κ2) is 10.8. The van der Waals surface area contributed by atoms with Crippen molar-refractivity contribution < 1.29 is 22.7 Å². The zero-order valence-corrected chi connectivity index (χ0v) is 18.0. The zero-order valence-electron chi connectivity index (χ0n) is 16.5. The molecule has 9 heteroatoms. The van der Waals surface area contributed by atoms with Crippen LogP contribution in [-0.4, -0.2) is 40.2 Å². The summed E-state index contributed by atoms with van der Waals surface area (Å²) in [4.78, 5) is 12.4. The van der Waals surface area contributed by atoms with Crippen molar-refractivity contribution in [3.8, 4) is 5.75 Å². The van der Waals surface area contributed by atoms with Crippen molar-refractivity contribution in [2.45, 2.75) is 36.7 Å². The summed E-state index contributed by atoms with van der Waals surface area (Å²) in [6, 6.07) is 13.1. The van der Waals surface area contributed by atoms with Crippen LogP contribution in [-0.2, 0) is 19.6 Å². The van der Waals surface area contributed by atoms with E-state index < -0.39 is 10.0 Å². The number of rotatable bonds is 9. The number of hydrogen-bond acceptors (Lipinski definition) is 5. The molecule has 2 aromatic rings. The fraction of sp³-hybridized carbons (Fsp3) is 0.381. The molecule has 0 bridgehead atoms. The molecule has 0 spiro atoms. The molecular formula is C21H25ClN2O5S. The molecule has 1 aliphatic heterocycles. The molecule has 3 rings (SSSR count). The van der Waals surface area contributed by atoms with Gasteiger partial charge in [-0.2, -0.15) is 0 Å². The third-order valence-corrected chi connectivity index (χ3v) is 6.30. The van der Waals surface area contributed by atoms with E-state index in [1.807, 2.05) is 6.07 Å². The minimum atomic E-state index is -3.73. The average Bonchev–Trinajstić information content (AvgIpc) is 2.74. The van der Waals surface area contributed by atoms with Gasteiger partial charge in [-0.25, -0.2) is 13.1 Å². The lowest BCUT2D eigenvalue weighted by atomic mass is 10.1. The molecule has 162 valence electrons. The van der Waals surface area contributed by atoms with E-state index >= 15 is 0 Å². The molecule has 1 fully saturated rings. The smallest absolute Gasteiger partial charge is 0.240 e. The zero-order chi connectivity index (χ0) is 21.4. The van der Waals surface area contributed by atoms with E-state index in [4.69, 9.17) is 21.1 Å². The number of carbonyl (C=O) groups is 1. The first-order chi connectivity index (χ1) is 14.4. The van der Waals surface area contributed by atoms with Gasteiger partial charge >= 0.3 is 0 Å². The quantitative estimate of drug-likeness (QED) is 0.606. The second-order valence-corrected chi connectivity index (χ2v) is 9.15. The highest BCUT2D eigenvalue weighted by Gasteiger charge is 2.17. The Balaban J connectivity index is 1.50. The summed E-state index contributed by atoms with van der Waals surface area (Å²) in [6.45, 7) is 1.13. The Morgan fingerprint density at radius 3 is 2.77 bits per heavy atom. The van der Waals surface area contributed by atoms with Crippen LogP contribution >= 0.6 is 11.6 Å². The Labute approximate surface area is 181 Å². The van der Waals surface area contributed by atoms with Gasteiger partial charge in [0.25, 0.3) is 0 Å². The van der Waals surface area contributed by atoms with E-state index in [-0.39, 0.29) is 29.9 Å². The molecule has 0 aliphatic carbocycles.